The SMILES string of the molecule is COc1cccc2sc(N(Cc3cccnc3)C(=O)c3cccc(N4C(=O)CCC4=O)c3)nc12. The van der Waals surface area contributed by atoms with Crippen molar-refractivity contribution in [2.24, 2.45) is 0 Å². The van der Waals surface area contributed by atoms with E-state index in [1.165, 1.54) is 11.3 Å². The van der Waals surface area contributed by atoms with Crippen LogP contribution in [-0.2, 0) is 16.1 Å². The standard InChI is InChI=1S/C25H20N4O4S/c1-33-19-8-3-9-20-23(19)27-25(34-20)28(15-16-5-4-12-26-14-16)24(32)17-6-2-7-18(13-17)29-21(30)10-11-22(29)31/h2-9,12-14H,10-11,15H2,1H3. The lowest BCUT2D eigenvalue weighted by Crippen LogP contribution is -2.31. The fraction of sp³-hybridized carbons (Fsp3) is 0.160. The Labute approximate surface area is 199 Å². The van der Waals surface area contributed by atoms with E-state index in [-0.39, 0.29) is 37.1 Å². The Morgan fingerprint density at radius 2 is 1.88 bits per heavy atom. The first-order valence-corrected chi connectivity index (χ1v) is 11.5. The minimum atomic E-state index is -0.303. The van der Waals surface area contributed by atoms with Crippen LogP contribution in [0.1, 0.15) is 28.8 Å². The summed E-state index contributed by atoms with van der Waals surface area (Å²) in [7, 11) is 1.58. The van der Waals surface area contributed by atoms with Gasteiger partial charge in [0.1, 0.15) is 11.3 Å². The molecule has 5 rings (SSSR count). The lowest BCUT2D eigenvalue weighted by Gasteiger charge is -2.21. The fourth-order valence-electron chi connectivity index (χ4n) is 3.89. The van der Waals surface area contributed by atoms with E-state index >= 15 is 0 Å². The number of carbonyl (C=O) groups is 3. The average Bonchev–Trinajstić information content (AvgIpc) is 3.45. The molecule has 34 heavy (non-hydrogen) atoms. The van der Waals surface area contributed by atoms with Gasteiger partial charge in [-0.3, -0.25) is 29.2 Å². The van der Waals surface area contributed by atoms with Crippen LogP contribution in [0.15, 0.2) is 67.0 Å². The van der Waals surface area contributed by atoms with Crippen LogP contribution in [-0.4, -0.2) is 34.8 Å². The van der Waals surface area contributed by atoms with Crippen molar-refractivity contribution in [3.63, 3.8) is 0 Å². The molecule has 1 aliphatic heterocycles. The number of amides is 3. The Kier molecular flexibility index (Phi) is 5.77. The first kappa shape index (κ1) is 21.7. The van der Waals surface area contributed by atoms with Crippen LogP contribution in [0.2, 0.25) is 0 Å². The van der Waals surface area contributed by atoms with Crippen molar-refractivity contribution in [1.82, 2.24) is 9.97 Å². The number of carbonyl (C=O) groups excluding carboxylic acids is 3. The van der Waals surface area contributed by atoms with Crippen LogP contribution in [0.4, 0.5) is 10.8 Å². The van der Waals surface area contributed by atoms with Gasteiger partial charge in [-0.15, -0.1) is 0 Å². The number of anilines is 2. The number of fused-ring (bicyclic) bond motifs is 1. The van der Waals surface area contributed by atoms with E-state index in [1.807, 2.05) is 30.3 Å². The zero-order valence-corrected chi connectivity index (χ0v) is 19.1. The Hall–Kier alpha value is -4.11. The van der Waals surface area contributed by atoms with Gasteiger partial charge >= 0.3 is 0 Å². The van der Waals surface area contributed by atoms with Crippen LogP contribution in [0, 0.1) is 0 Å². The Morgan fingerprint density at radius 1 is 1.09 bits per heavy atom. The molecule has 0 spiro atoms. The fourth-order valence-corrected chi connectivity index (χ4v) is 4.87. The Bertz CT molecular complexity index is 1390. The summed E-state index contributed by atoms with van der Waals surface area (Å²) < 4.78 is 6.33. The van der Waals surface area contributed by atoms with Gasteiger partial charge in [0.2, 0.25) is 11.8 Å². The number of hydrogen-bond acceptors (Lipinski definition) is 7. The molecule has 0 saturated carbocycles. The number of methoxy groups -OCH3 is 1. The van der Waals surface area contributed by atoms with Crippen molar-refractivity contribution >= 4 is 50.1 Å². The lowest BCUT2D eigenvalue weighted by molar-refractivity contribution is -0.121. The number of nitrogens with zero attached hydrogens (tertiary/aromatic N) is 4. The molecule has 1 saturated heterocycles. The maximum atomic E-state index is 13.8. The van der Waals surface area contributed by atoms with E-state index in [1.54, 1.807) is 48.7 Å². The van der Waals surface area contributed by atoms with Crippen molar-refractivity contribution in [3.05, 3.63) is 78.1 Å². The largest absolute Gasteiger partial charge is 0.494 e. The highest BCUT2D eigenvalue weighted by Gasteiger charge is 2.31. The molecule has 2 aromatic heterocycles. The van der Waals surface area contributed by atoms with Crippen LogP contribution in [0.3, 0.4) is 0 Å². The third kappa shape index (κ3) is 4.01. The number of aromatic nitrogens is 2. The molecule has 3 heterocycles. The van der Waals surface area contributed by atoms with Crippen molar-refractivity contribution in [3.8, 4) is 5.75 Å². The van der Waals surface area contributed by atoms with E-state index in [2.05, 4.69) is 4.98 Å². The van der Waals surface area contributed by atoms with Gasteiger partial charge in [-0.1, -0.05) is 29.5 Å². The number of para-hydroxylation sites is 1. The van der Waals surface area contributed by atoms with E-state index < -0.39 is 0 Å². The predicted octanol–water partition coefficient (Wildman–Crippen LogP) is 4.20. The van der Waals surface area contributed by atoms with Gasteiger partial charge in [-0.25, -0.2) is 4.98 Å². The van der Waals surface area contributed by atoms with Gasteiger partial charge in [0.25, 0.3) is 5.91 Å². The predicted molar refractivity (Wildman–Crippen MR) is 129 cm³/mol. The number of imide groups is 1. The number of ether oxygens (including phenoxy) is 1. The summed E-state index contributed by atoms with van der Waals surface area (Å²) in [5.74, 6) is -0.204. The summed E-state index contributed by atoms with van der Waals surface area (Å²) in [5.41, 5.74) is 2.25. The van der Waals surface area contributed by atoms with Gasteiger partial charge in [-0.05, 0) is 42.0 Å². The molecule has 1 fully saturated rings. The second-order valence-electron chi connectivity index (χ2n) is 7.73. The van der Waals surface area contributed by atoms with Gasteiger partial charge < -0.3 is 4.74 Å². The zero-order valence-electron chi connectivity index (χ0n) is 18.3. The quantitative estimate of drug-likeness (QED) is 0.391. The van der Waals surface area contributed by atoms with Crippen molar-refractivity contribution in [1.29, 1.82) is 0 Å². The maximum Gasteiger partial charge on any atom is 0.260 e. The number of rotatable bonds is 6. The summed E-state index contributed by atoms with van der Waals surface area (Å²) in [6.45, 7) is 0.251. The zero-order chi connectivity index (χ0) is 23.7. The van der Waals surface area contributed by atoms with Crippen molar-refractivity contribution in [2.75, 3.05) is 16.9 Å². The molecule has 9 heteroatoms. The van der Waals surface area contributed by atoms with E-state index in [0.29, 0.717) is 27.6 Å². The topological polar surface area (TPSA) is 92.7 Å². The average molecular weight is 473 g/mol. The van der Waals surface area contributed by atoms with E-state index in [0.717, 1.165) is 15.2 Å². The van der Waals surface area contributed by atoms with Gasteiger partial charge in [0, 0.05) is 30.8 Å². The molecular formula is C25H20N4O4S. The van der Waals surface area contributed by atoms with E-state index in [9.17, 15) is 14.4 Å². The first-order chi connectivity index (χ1) is 16.5. The van der Waals surface area contributed by atoms with Gasteiger partial charge in [-0.2, -0.15) is 0 Å². The number of thiazole rings is 1. The molecule has 0 N–H and O–H groups in total. The molecule has 0 aliphatic carbocycles. The van der Waals surface area contributed by atoms with Crippen LogP contribution < -0.4 is 14.5 Å². The third-order valence-electron chi connectivity index (χ3n) is 5.53. The summed E-state index contributed by atoms with van der Waals surface area (Å²) in [6, 6.07) is 15.9. The Balaban J connectivity index is 1.56. The highest BCUT2D eigenvalue weighted by molar-refractivity contribution is 7.22. The summed E-state index contributed by atoms with van der Waals surface area (Å²) in [6.07, 6.45) is 3.73. The molecule has 1 aliphatic rings. The second kappa shape index (κ2) is 9.03. The van der Waals surface area contributed by atoms with Crippen LogP contribution in [0.5, 0.6) is 5.75 Å². The summed E-state index contributed by atoms with van der Waals surface area (Å²) >= 11 is 1.38. The first-order valence-electron chi connectivity index (χ1n) is 10.7. The van der Waals surface area contributed by atoms with Crippen LogP contribution in [0.25, 0.3) is 10.2 Å². The molecular weight excluding hydrogens is 452 g/mol. The maximum absolute atomic E-state index is 13.8. The molecule has 2 aromatic carbocycles. The monoisotopic (exact) mass is 472 g/mol. The highest BCUT2D eigenvalue weighted by atomic mass is 32.1. The second-order valence-corrected chi connectivity index (χ2v) is 8.74. The Morgan fingerprint density at radius 3 is 2.62 bits per heavy atom. The number of benzene rings is 2. The summed E-state index contributed by atoms with van der Waals surface area (Å²) in [4.78, 5) is 49.8. The minimum Gasteiger partial charge on any atom is -0.494 e. The molecule has 170 valence electrons. The third-order valence-corrected chi connectivity index (χ3v) is 6.58. The number of pyridine rings is 1. The molecule has 0 bridgehead atoms. The van der Waals surface area contributed by atoms with Crippen molar-refractivity contribution < 1.29 is 19.1 Å². The summed E-state index contributed by atoms with van der Waals surface area (Å²) in [5, 5.41) is 0.507. The highest BCUT2D eigenvalue weighted by Crippen LogP contribution is 2.35. The normalized spacial score (nSPS) is 13.5. The van der Waals surface area contributed by atoms with E-state index in [4.69, 9.17) is 9.72 Å². The van der Waals surface area contributed by atoms with Gasteiger partial charge in [0.15, 0.2) is 5.13 Å². The smallest absolute Gasteiger partial charge is 0.260 e. The minimum absolute atomic E-state index is 0.178. The van der Waals surface area contributed by atoms with Gasteiger partial charge in [0.05, 0.1) is 24.0 Å². The molecule has 0 atom stereocenters. The molecule has 8 nitrogen and oxygen atoms in total. The van der Waals surface area contributed by atoms with Crippen LogP contribution >= 0.6 is 11.3 Å². The molecule has 0 radical (unpaired) electrons. The molecule has 3 amide bonds. The van der Waals surface area contributed by atoms with Crippen molar-refractivity contribution in [2.45, 2.75) is 19.4 Å². The molecule has 0 unspecified atom stereocenters. The molecule has 4 aromatic rings. The number of hydrogen-bond donors (Lipinski definition) is 0. The lowest BCUT2D eigenvalue weighted by atomic mass is 10.1.